The van der Waals surface area contributed by atoms with Crippen molar-refractivity contribution in [2.24, 2.45) is 0 Å². The van der Waals surface area contributed by atoms with E-state index in [1.54, 1.807) is 12.3 Å². The molecule has 152 valence electrons. The number of nitrogens with two attached hydrogens (primary N) is 1. The van der Waals surface area contributed by atoms with Crippen LogP contribution in [0.2, 0.25) is 0 Å². The van der Waals surface area contributed by atoms with Crippen LogP contribution in [0.4, 0.5) is 5.82 Å². The van der Waals surface area contributed by atoms with E-state index in [0.29, 0.717) is 30.5 Å². The van der Waals surface area contributed by atoms with E-state index in [2.05, 4.69) is 16.4 Å². The van der Waals surface area contributed by atoms with Crippen molar-refractivity contribution in [3.8, 4) is 17.2 Å². The Kier molecular flexibility index (Phi) is 4.96. The van der Waals surface area contributed by atoms with E-state index in [9.17, 15) is 19.6 Å². The molecular weight excluding hydrogens is 382 g/mol. The van der Waals surface area contributed by atoms with Gasteiger partial charge in [0.1, 0.15) is 17.9 Å². The normalized spacial score (nSPS) is 18.2. The van der Waals surface area contributed by atoms with E-state index >= 15 is 0 Å². The third-order valence-corrected chi connectivity index (χ3v) is 5.66. The van der Waals surface area contributed by atoms with E-state index in [1.807, 2.05) is 19.1 Å². The number of amides is 3. The Morgan fingerprint density at radius 3 is 2.80 bits per heavy atom. The lowest BCUT2D eigenvalue weighted by Crippen LogP contribution is -2.52. The predicted molar refractivity (Wildman–Crippen MR) is 109 cm³/mol. The molecule has 30 heavy (non-hydrogen) atoms. The van der Waals surface area contributed by atoms with Crippen LogP contribution in [0.15, 0.2) is 24.4 Å². The predicted octanol–water partition coefficient (Wildman–Crippen LogP) is 1.92. The van der Waals surface area contributed by atoms with Gasteiger partial charge >= 0.3 is 0 Å². The number of nitrogen functional groups attached to an aromatic ring is 1. The van der Waals surface area contributed by atoms with E-state index < -0.39 is 11.9 Å². The van der Waals surface area contributed by atoms with Crippen LogP contribution in [0.3, 0.4) is 0 Å². The highest BCUT2D eigenvalue weighted by atomic mass is 16.2. The van der Waals surface area contributed by atoms with Crippen molar-refractivity contribution in [3.63, 3.8) is 0 Å². The second-order valence-electron chi connectivity index (χ2n) is 7.54. The summed E-state index contributed by atoms with van der Waals surface area (Å²) < 4.78 is 0. The fraction of sp³-hybridized carbons (Fsp3) is 0.318. The number of benzene rings is 1. The average molecular weight is 403 g/mol. The van der Waals surface area contributed by atoms with Crippen molar-refractivity contribution < 1.29 is 14.4 Å². The van der Waals surface area contributed by atoms with Gasteiger partial charge in [0.15, 0.2) is 0 Å². The lowest BCUT2D eigenvalue weighted by atomic mass is 9.93. The zero-order valence-electron chi connectivity index (χ0n) is 16.6. The first kappa shape index (κ1) is 19.6. The van der Waals surface area contributed by atoms with Gasteiger partial charge < -0.3 is 10.6 Å². The molecule has 0 aliphatic carbocycles. The number of imide groups is 1. The number of carbonyl (C=O) groups is 3. The maximum Gasteiger partial charge on any atom is 0.255 e. The molecule has 1 fully saturated rings. The summed E-state index contributed by atoms with van der Waals surface area (Å²) in [5.41, 5.74) is 10.1. The second-order valence-corrected chi connectivity index (χ2v) is 7.54. The number of hydrogen-bond donors (Lipinski definition) is 2. The standard InChI is InChI=1S/C22H21N5O3/c1-2-3-15-16(9-23)20(24)25-10-17(15)12-4-5-14-13(8-12)11-27(22(14)30)18-6-7-19(28)26-21(18)29/h4-5,8,10,18H,2-3,6-7,11H2,1H3,(H2,24,25)(H,26,28,29). The Bertz CT molecular complexity index is 1120. The van der Waals surface area contributed by atoms with Gasteiger partial charge in [0, 0.05) is 30.3 Å². The highest BCUT2D eigenvalue weighted by molar-refractivity contribution is 6.05. The Morgan fingerprint density at radius 1 is 1.30 bits per heavy atom. The van der Waals surface area contributed by atoms with Gasteiger partial charge in [-0.15, -0.1) is 0 Å². The highest BCUT2D eigenvalue weighted by Crippen LogP contribution is 2.34. The summed E-state index contributed by atoms with van der Waals surface area (Å²) >= 11 is 0. The summed E-state index contributed by atoms with van der Waals surface area (Å²) in [5, 5.41) is 11.8. The second kappa shape index (κ2) is 7.59. The first-order chi connectivity index (χ1) is 14.4. The third-order valence-electron chi connectivity index (χ3n) is 5.66. The molecule has 2 aliphatic rings. The molecule has 1 aromatic carbocycles. The number of aromatic nitrogens is 1. The summed E-state index contributed by atoms with van der Waals surface area (Å²) in [6, 6.07) is 6.99. The smallest absolute Gasteiger partial charge is 0.255 e. The van der Waals surface area contributed by atoms with Crippen LogP contribution in [0, 0.1) is 11.3 Å². The van der Waals surface area contributed by atoms with Crippen molar-refractivity contribution in [3.05, 3.63) is 46.6 Å². The molecule has 8 heteroatoms. The number of fused-ring (bicyclic) bond motifs is 1. The fourth-order valence-electron chi connectivity index (χ4n) is 4.19. The van der Waals surface area contributed by atoms with Gasteiger partial charge in [-0.2, -0.15) is 5.26 Å². The Balaban J connectivity index is 1.70. The van der Waals surface area contributed by atoms with Crippen molar-refractivity contribution in [2.45, 2.75) is 45.2 Å². The summed E-state index contributed by atoms with van der Waals surface area (Å²) in [6.45, 7) is 2.33. The van der Waals surface area contributed by atoms with Crippen LogP contribution in [0.25, 0.3) is 11.1 Å². The van der Waals surface area contributed by atoms with Gasteiger partial charge in [0.2, 0.25) is 11.8 Å². The SMILES string of the molecule is CCCc1c(-c2ccc3c(c2)CN(C2CCC(=O)NC2=O)C3=O)cnc(N)c1C#N. The molecule has 0 bridgehead atoms. The fourth-order valence-corrected chi connectivity index (χ4v) is 4.19. The molecule has 3 amide bonds. The molecule has 1 atom stereocenters. The molecule has 0 spiro atoms. The number of nitrogens with one attached hydrogen (secondary N) is 1. The zero-order chi connectivity index (χ0) is 21.4. The topological polar surface area (TPSA) is 129 Å². The Hall–Kier alpha value is -3.73. The molecule has 1 unspecified atom stereocenters. The number of pyridine rings is 1. The van der Waals surface area contributed by atoms with Crippen molar-refractivity contribution in [2.75, 3.05) is 5.73 Å². The summed E-state index contributed by atoms with van der Waals surface area (Å²) in [7, 11) is 0. The maximum atomic E-state index is 12.9. The quantitative estimate of drug-likeness (QED) is 0.750. The summed E-state index contributed by atoms with van der Waals surface area (Å²) in [4.78, 5) is 42.2. The largest absolute Gasteiger partial charge is 0.383 e. The molecule has 0 radical (unpaired) electrons. The van der Waals surface area contributed by atoms with Gasteiger partial charge in [-0.3, -0.25) is 19.7 Å². The number of anilines is 1. The van der Waals surface area contributed by atoms with Gasteiger partial charge in [-0.25, -0.2) is 4.98 Å². The summed E-state index contributed by atoms with van der Waals surface area (Å²) in [5.74, 6) is -0.743. The van der Waals surface area contributed by atoms with Crippen molar-refractivity contribution in [1.82, 2.24) is 15.2 Å². The first-order valence-electron chi connectivity index (χ1n) is 9.90. The molecule has 3 N–H and O–H groups in total. The van der Waals surface area contributed by atoms with Crippen LogP contribution in [-0.2, 0) is 22.6 Å². The molecule has 2 aliphatic heterocycles. The van der Waals surface area contributed by atoms with Crippen LogP contribution < -0.4 is 11.1 Å². The van der Waals surface area contributed by atoms with E-state index in [4.69, 9.17) is 5.73 Å². The number of nitriles is 1. The molecule has 1 saturated heterocycles. The zero-order valence-corrected chi connectivity index (χ0v) is 16.6. The number of carbonyl (C=O) groups excluding carboxylic acids is 3. The molecule has 0 saturated carbocycles. The molecule has 4 rings (SSSR count). The molecule has 2 aromatic rings. The van der Waals surface area contributed by atoms with E-state index in [-0.39, 0.29) is 24.1 Å². The van der Waals surface area contributed by atoms with Gasteiger partial charge in [-0.1, -0.05) is 19.4 Å². The number of hydrogen-bond acceptors (Lipinski definition) is 6. The number of nitrogens with zero attached hydrogens (tertiary/aromatic N) is 3. The van der Waals surface area contributed by atoms with Crippen LogP contribution in [-0.4, -0.2) is 33.6 Å². The highest BCUT2D eigenvalue weighted by Gasteiger charge is 2.39. The first-order valence-corrected chi connectivity index (χ1v) is 9.90. The monoisotopic (exact) mass is 403 g/mol. The minimum Gasteiger partial charge on any atom is -0.383 e. The maximum absolute atomic E-state index is 12.9. The molecule has 8 nitrogen and oxygen atoms in total. The van der Waals surface area contributed by atoms with Gasteiger partial charge in [-0.05, 0) is 41.7 Å². The molecule has 1 aromatic heterocycles. The molecular formula is C22H21N5O3. The minimum atomic E-state index is -0.648. The lowest BCUT2D eigenvalue weighted by Gasteiger charge is -2.29. The molecule has 3 heterocycles. The van der Waals surface area contributed by atoms with Crippen LogP contribution in [0.5, 0.6) is 0 Å². The van der Waals surface area contributed by atoms with Crippen LogP contribution >= 0.6 is 0 Å². The number of rotatable bonds is 4. The minimum absolute atomic E-state index is 0.213. The van der Waals surface area contributed by atoms with Crippen LogP contribution in [0.1, 0.15) is 53.2 Å². The van der Waals surface area contributed by atoms with Crippen molar-refractivity contribution >= 4 is 23.5 Å². The van der Waals surface area contributed by atoms with E-state index in [1.165, 1.54) is 4.90 Å². The van der Waals surface area contributed by atoms with Gasteiger partial charge in [0.25, 0.3) is 5.91 Å². The summed E-state index contributed by atoms with van der Waals surface area (Å²) in [6.07, 6.45) is 3.74. The lowest BCUT2D eigenvalue weighted by molar-refractivity contribution is -0.136. The average Bonchev–Trinajstić information content (AvgIpc) is 3.04. The van der Waals surface area contributed by atoms with Crippen molar-refractivity contribution in [1.29, 1.82) is 5.26 Å². The van der Waals surface area contributed by atoms with E-state index in [0.717, 1.165) is 28.7 Å². The Morgan fingerprint density at radius 2 is 2.10 bits per heavy atom. The number of piperidine rings is 1. The van der Waals surface area contributed by atoms with Gasteiger partial charge in [0.05, 0.1) is 5.56 Å². The third kappa shape index (κ3) is 3.18. The Labute approximate surface area is 173 Å².